The molecular weight excluding hydrogens is 395 g/mol. The van der Waals surface area contributed by atoms with Gasteiger partial charge in [0, 0.05) is 5.69 Å². The lowest BCUT2D eigenvalue weighted by atomic mass is 10.2. The minimum Gasteiger partial charge on any atom is -0.323 e. The molecule has 152 valence electrons. The van der Waals surface area contributed by atoms with E-state index in [9.17, 15) is 17.6 Å². The summed E-state index contributed by atoms with van der Waals surface area (Å²) in [6, 6.07) is 13.1. The van der Waals surface area contributed by atoms with Crippen LogP contribution in [0.3, 0.4) is 0 Å². The number of amides is 1. The lowest BCUT2D eigenvalue weighted by Crippen LogP contribution is -3.19. The van der Waals surface area contributed by atoms with Gasteiger partial charge in [0.25, 0.3) is 5.91 Å². The SMILES string of the molecule is C[C@H](C(=O)Nc1cccc(C#N)c1)[NH+]1CCN(S(=O)(=O)c2ccc(F)cc2)CC1. The number of quaternary nitrogens is 1. The van der Waals surface area contributed by atoms with Crippen LogP contribution in [0.2, 0.25) is 0 Å². The molecular formula is C20H22FN4O3S+. The van der Waals surface area contributed by atoms with Gasteiger partial charge in [-0.3, -0.25) is 4.79 Å². The number of hydrogen-bond acceptors (Lipinski definition) is 4. The molecule has 9 heteroatoms. The van der Waals surface area contributed by atoms with Crippen molar-refractivity contribution in [2.45, 2.75) is 17.9 Å². The monoisotopic (exact) mass is 417 g/mol. The Morgan fingerprint density at radius 3 is 2.48 bits per heavy atom. The number of carbonyl (C=O) groups excluding carboxylic acids is 1. The van der Waals surface area contributed by atoms with Gasteiger partial charge in [0.05, 0.1) is 42.7 Å². The Kier molecular flexibility index (Phi) is 6.27. The van der Waals surface area contributed by atoms with Crippen LogP contribution in [0.25, 0.3) is 0 Å². The maximum atomic E-state index is 13.1. The molecule has 3 rings (SSSR count). The van der Waals surface area contributed by atoms with Gasteiger partial charge in [-0.25, -0.2) is 12.8 Å². The summed E-state index contributed by atoms with van der Waals surface area (Å²) in [4.78, 5) is 13.6. The molecule has 2 aromatic carbocycles. The van der Waals surface area contributed by atoms with Gasteiger partial charge in [-0.05, 0) is 49.4 Å². The van der Waals surface area contributed by atoms with Gasteiger partial charge in [0.1, 0.15) is 5.82 Å². The number of piperazine rings is 1. The van der Waals surface area contributed by atoms with E-state index in [1.54, 1.807) is 31.2 Å². The first-order valence-electron chi connectivity index (χ1n) is 9.22. The summed E-state index contributed by atoms with van der Waals surface area (Å²) in [5.74, 6) is -0.678. The van der Waals surface area contributed by atoms with E-state index in [0.717, 1.165) is 17.0 Å². The first-order chi connectivity index (χ1) is 13.8. The number of nitrogens with one attached hydrogen (secondary N) is 2. The number of nitrogens with zero attached hydrogens (tertiary/aromatic N) is 2. The van der Waals surface area contributed by atoms with Crippen LogP contribution in [-0.4, -0.2) is 50.9 Å². The lowest BCUT2D eigenvalue weighted by Gasteiger charge is -2.34. The summed E-state index contributed by atoms with van der Waals surface area (Å²) in [5, 5.41) is 11.8. The zero-order valence-electron chi connectivity index (χ0n) is 15.9. The van der Waals surface area contributed by atoms with Crippen molar-refractivity contribution < 1.29 is 22.5 Å². The third-order valence-electron chi connectivity index (χ3n) is 5.08. The van der Waals surface area contributed by atoms with Crippen molar-refractivity contribution in [3.05, 3.63) is 59.9 Å². The van der Waals surface area contributed by atoms with Crippen molar-refractivity contribution in [1.82, 2.24) is 4.31 Å². The fraction of sp³-hybridized carbons (Fsp3) is 0.300. The number of sulfonamides is 1. The Morgan fingerprint density at radius 2 is 1.86 bits per heavy atom. The topological polar surface area (TPSA) is 94.7 Å². The maximum absolute atomic E-state index is 13.1. The van der Waals surface area contributed by atoms with Gasteiger partial charge < -0.3 is 10.2 Å². The molecule has 0 spiro atoms. The predicted octanol–water partition coefficient (Wildman–Crippen LogP) is 0.614. The van der Waals surface area contributed by atoms with Gasteiger partial charge >= 0.3 is 0 Å². The summed E-state index contributed by atoms with van der Waals surface area (Å²) >= 11 is 0. The van der Waals surface area contributed by atoms with Crippen molar-refractivity contribution in [3.63, 3.8) is 0 Å². The first-order valence-corrected chi connectivity index (χ1v) is 10.7. The van der Waals surface area contributed by atoms with Gasteiger partial charge in [0.15, 0.2) is 6.04 Å². The second-order valence-corrected chi connectivity index (χ2v) is 8.86. The molecule has 1 atom stereocenters. The average Bonchev–Trinajstić information content (AvgIpc) is 2.73. The van der Waals surface area contributed by atoms with Crippen LogP contribution in [0.1, 0.15) is 12.5 Å². The Hall–Kier alpha value is -2.80. The fourth-order valence-electron chi connectivity index (χ4n) is 3.30. The number of nitriles is 1. The maximum Gasteiger partial charge on any atom is 0.282 e. The van der Waals surface area contributed by atoms with Crippen molar-refractivity contribution in [3.8, 4) is 6.07 Å². The Labute approximate surface area is 169 Å². The number of halogens is 1. The van der Waals surface area contributed by atoms with Gasteiger partial charge in [-0.1, -0.05) is 6.07 Å². The lowest BCUT2D eigenvalue weighted by molar-refractivity contribution is -0.917. The molecule has 1 saturated heterocycles. The van der Waals surface area contributed by atoms with Crippen LogP contribution < -0.4 is 10.2 Å². The summed E-state index contributed by atoms with van der Waals surface area (Å²) in [6.45, 7) is 3.30. The second-order valence-electron chi connectivity index (χ2n) is 6.92. The minimum absolute atomic E-state index is 0.0607. The van der Waals surface area contributed by atoms with Crippen molar-refractivity contribution >= 4 is 21.6 Å². The highest BCUT2D eigenvalue weighted by Gasteiger charge is 2.34. The van der Waals surface area contributed by atoms with E-state index in [4.69, 9.17) is 5.26 Å². The second kappa shape index (κ2) is 8.69. The Balaban J connectivity index is 1.60. The molecule has 7 nitrogen and oxygen atoms in total. The quantitative estimate of drug-likeness (QED) is 0.746. The molecule has 0 saturated carbocycles. The number of rotatable bonds is 5. The zero-order valence-corrected chi connectivity index (χ0v) is 16.7. The standard InChI is InChI=1S/C20H21FN4O3S/c1-15(20(26)23-18-4-2-3-16(13-18)14-22)24-9-11-25(12-10-24)29(27,28)19-7-5-17(21)6-8-19/h2-8,13,15H,9-12H2,1H3,(H,23,26)/p+1/t15-/m1/s1. The Morgan fingerprint density at radius 1 is 1.21 bits per heavy atom. The minimum atomic E-state index is -3.68. The number of carbonyl (C=O) groups is 1. The molecule has 0 radical (unpaired) electrons. The van der Waals surface area contributed by atoms with Gasteiger partial charge in [-0.15, -0.1) is 0 Å². The Bertz CT molecular complexity index is 1030. The van der Waals surface area contributed by atoms with E-state index < -0.39 is 15.8 Å². The summed E-state index contributed by atoms with van der Waals surface area (Å²) < 4.78 is 39.8. The van der Waals surface area contributed by atoms with E-state index in [1.807, 2.05) is 6.07 Å². The van der Waals surface area contributed by atoms with Crippen molar-refractivity contribution in [1.29, 1.82) is 5.26 Å². The van der Waals surface area contributed by atoms with Crippen molar-refractivity contribution in [2.75, 3.05) is 31.5 Å². The van der Waals surface area contributed by atoms with Gasteiger partial charge in [0.2, 0.25) is 10.0 Å². The van der Waals surface area contributed by atoms with E-state index in [1.165, 1.54) is 16.4 Å². The molecule has 1 fully saturated rings. The molecule has 1 heterocycles. The normalized spacial score (nSPS) is 16.7. The molecule has 0 bridgehead atoms. The molecule has 1 amide bonds. The molecule has 1 aliphatic heterocycles. The highest BCUT2D eigenvalue weighted by molar-refractivity contribution is 7.89. The highest BCUT2D eigenvalue weighted by atomic mass is 32.2. The zero-order chi connectivity index (χ0) is 21.0. The summed E-state index contributed by atoms with van der Waals surface area (Å²) in [5.41, 5.74) is 1.01. The highest BCUT2D eigenvalue weighted by Crippen LogP contribution is 2.16. The van der Waals surface area contributed by atoms with Crippen LogP contribution in [0.15, 0.2) is 53.4 Å². The number of anilines is 1. The molecule has 0 unspecified atom stereocenters. The largest absolute Gasteiger partial charge is 0.323 e. The molecule has 2 aromatic rings. The van der Waals surface area contributed by atoms with Crippen LogP contribution in [-0.2, 0) is 14.8 Å². The summed E-state index contributed by atoms with van der Waals surface area (Å²) in [7, 11) is -3.68. The third-order valence-corrected chi connectivity index (χ3v) is 6.99. The van der Waals surface area contributed by atoms with E-state index in [0.29, 0.717) is 24.3 Å². The van der Waals surface area contributed by atoms with E-state index in [-0.39, 0.29) is 29.9 Å². The van der Waals surface area contributed by atoms with E-state index in [2.05, 4.69) is 5.32 Å². The number of benzene rings is 2. The van der Waals surface area contributed by atoms with Crippen LogP contribution in [0, 0.1) is 17.1 Å². The van der Waals surface area contributed by atoms with E-state index >= 15 is 0 Å². The molecule has 0 aromatic heterocycles. The molecule has 0 aliphatic carbocycles. The number of hydrogen-bond donors (Lipinski definition) is 2. The average molecular weight is 417 g/mol. The van der Waals surface area contributed by atoms with Crippen LogP contribution in [0.5, 0.6) is 0 Å². The molecule has 29 heavy (non-hydrogen) atoms. The predicted molar refractivity (Wildman–Crippen MR) is 105 cm³/mol. The smallest absolute Gasteiger partial charge is 0.282 e. The fourth-order valence-corrected chi connectivity index (χ4v) is 4.75. The first kappa shape index (κ1) is 20.9. The molecule has 2 N–H and O–H groups in total. The van der Waals surface area contributed by atoms with Gasteiger partial charge in [-0.2, -0.15) is 9.57 Å². The molecule has 1 aliphatic rings. The van der Waals surface area contributed by atoms with Crippen LogP contribution >= 0.6 is 0 Å². The third kappa shape index (κ3) is 4.79. The summed E-state index contributed by atoms with van der Waals surface area (Å²) in [6.07, 6.45) is 0. The van der Waals surface area contributed by atoms with Crippen LogP contribution in [0.4, 0.5) is 10.1 Å². The van der Waals surface area contributed by atoms with Crippen molar-refractivity contribution in [2.24, 2.45) is 0 Å².